The van der Waals surface area contributed by atoms with E-state index in [2.05, 4.69) is 29.5 Å². The van der Waals surface area contributed by atoms with Crippen LogP contribution < -0.4 is 18.9 Å². The number of hydrogen-bond donors (Lipinski definition) is 0. The van der Waals surface area contributed by atoms with Gasteiger partial charge < -0.3 is 18.9 Å². The number of halogens is 2. The predicted octanol–water partition coefficient (Wildman–Crippen LogP) is 3.80. The van der Waals surface area contributed by atoms with E-state index in [9.17, 15) is 8.78 Å². The van der Waals surface area contributed by atoms with Crippen molar-refractivity contribution in [3.63, 3.8) is 0 Å². The van der Waals surface area contributed by atoms with E-state index in [1.807, 2.05) is 6.07 Å². The molecular weight excluding hydrogens is 436 g/mol. The minimum Gasteiger partial charge on any atom is -0.480 e. The van der Waals surface area contributed by atoms with Crippen molar-refractivity contribution in [3.05, 3.63) is 54.0 Å². The molecule has 0 N–H and O–H groups in total. The van der Waals surface area contributed by atoms with Gasteiger partial charge in [-0.2, -0.15) is 10.1 Å². The quantitative estimate of drug-likeness (QED) is 0.451. The molecule has 0 amide bonds. The van der Waals surface area contributed by atoms with Gasteiger partial charge in [-0.25, -0.2) is 14.5 Å². The topological polar surface area (TPSA) is 92.9 Å². The van der Waals surface area contributed by atoms with Crippen LogP contribution in [0.4, 0.5) is 8.78 Å². The number of nitrogens with zero attached hydrogens (tertiary/aromatic N) is 5. The van der Waals surface area contributed by atoms with Crippen molar-refractivity contribution in [1.29, 1.82) is 0 Å². The maximum Gasteiger partial charge on any atom is 0.586 e. The Morgan fingerprint density at radius 2 is 1.91 bits per heavy atom. The Balaban J connectivity index is 1.37. The number of benzene rings is 1. The van der Waals surface area contributed by atoms with Crippen LogP contribution in [0.15, 0.2) is 42.9 Å². The van der Waals surface area contributed by atoms with Crippen molar-refractivity contribution in [2.75, 3.05) is 14.2 Å². The summed E-state index contributed by atoms with van der Waals surface area (Å²) in [5.74, 6) is 0.670. The van der Waals surface area contributed by atoms with E-state index in [1.165, 1.54) is 20.3 Å². The zero-order valence-electron chi connectivity index (χ0n) is 17.5. The van der Waals surface area contributed by atoms with Gasteiger partial charge in [-0.15, -0.1) is 8.78 Å². The normalized spacial score (nSPS) is 20.1. The van der Waals surface area contributed by atoms with Crippen molar-refractivity contribution < 1.29 is 27.7 Å². The smallest absolute Gasteiger partial charge is 0.480 e. The summed E-state index contributed by atoms with van der Waals surface area (Å²) in [4.78, 5) is 12.9. The van der Waals surface area contributed by atoms with Crippen LogP contribution in [0.25, 0.3) is 16.9 Å². The van der Waals surface area contributed by atoms with E-state index in [-0.39, 0.29) is 29.3 Å². The molecule has 1 aromatic carbocycles. The summed E-state index contributed by atoms with van der Waals surface area (Å²) in [5, 5.41) is 4.63. The number of methoxy groups -OCH3 is 2. The van der Waals surface area contributed by atoms with Crippen LogP contribution >= 0.6 is 0 Å². The van der Waals surface area contributed by atoms with Crippen molar-refractivity contribution >= 4 is 5.65 Å². The van der Waals surface area contributed by atoms with Crippen LogP contribution in [-0.2, 0) is 0 Å². The van der Waals surface area contributed by atoms with Gasteiger partial charge in [0.25, 0.3) is 0 Å². The zero-order valence-corrected chi connectivity index (χ0v) is 17.5. The fourth-order valence-corrected chi connectivity index (χ4v) is 4.23. The third-order valence-corrected chi connectivity index (χ3v) is 5.81. The van der Waals surface area contributed by atoms with Crippen LogP contribution in [-0.4, -0.2) is 45.1 Å². The number of aromatic nitrogens is 5. The molecule has 1 aliphatic heterocycles. The minimum absolute atomic E-state index is 0.0365. The molecule has 11 heteroatoms. The van der Waals surface area contributed by atoms with Crippen LogP contribution in [0.2, 0.25) is 0 Å². The van der Waals surface area contributed by atoms with Gasteiger partial charge in [0.05, 0.1) is 25.5 Å². The molecule has 3 aromatic heterocycles. The second kappa shape index (κ2) is 6.99. The second-order valence-corrected chi connectivity index (χ2v) is 7.78. The Hall–Kier alpha value is -4.02. The SMILES string of the molecule is COc1ncc(-c2cc([C@H]3C[C@@H]3c3ccc4c(c3)OC(F)(F)O4)c3nccn3n2)c(OC)n1. The Kier molecular flexibility index (Phi) is 4.16. The first-order valence-electron chi connectivity index (χ1n) is 10.2. The lowest BCUT2D eigenvalue weighted by Crippen LogP contribution is -2.25. The molecule has 1 fully saturated rings. The first-order chi connectivity index (χ1) is 16.0. The number of ether oxygens (including phenoxy) is 4. The summed E-state index contributed by atoms with van der Waals surface area (Å²) in [6.07, 6.45) is 2.24. The fourth-order valence-electron chi connectivity index (χ4n) is 4.23. The van der Waals surface area contributed by atoms with Crippen molar-refractivity contribution in [2.45, 2.75) is 24.6 Å². The summed E-state index contributed by atoms with van der Waals surface area (Å²) < 4.78 is 48.1. The molecule has 1 aliphatic carbocycles. The first-order valence-corrected chi connectivity index (χ1v) is 10.2. The molecular formula is C22H17F2N5O4. The van der Waals surface area contributed by atoms with Gasteiger partial charge in [-0.1, -0.05) is 6.07 Å². The largest absolute Gasteiger partial charge is 0.586 e. The Morgan fingerprint density at radius 1 is 1.06 bits per heavy atom. The van der Waals surface area contributed by atoms with Crippen molar-refractivity contribution in [2.24, 2.45) is 0 Å². The molecule has 9 nitrogen and oxygen atoms in total. The predicted molar refractivity (Wildman–Crippen MR) is 110 cm³/mol. The number of fused-ring (bicyclic) bond motifs is 2. The van der Waals surface area contributed by atoms with Crippen LogP contribution in [0.3, 0.4) is 0 Å². The second-order valence-electron chi connectivity index (χ2n) is 7.78. The standard InChI is InChI=1S/C22H17F2N5O4/c1-30-20-15(10-26-21(27-20)31-2)16-9-14(19-25-5-6-29(19)28-16)13-8-12(13)11-3-4-17-18(7-11)33-22(23,24)32-17/h3-7,9-10,12-13H,8H2,1-2H3/t12-,13+/m1/s1. The Bertz CT molecular complexity index is 1390. The maximum atomic E-state index is 13.4. The van der Waals surface area contributed by atoms with E-state index < -0.39 is 6.29 Å². The molecule has 0 spiro atoms. The van der Waals surface area contributed by atoms with Crippen molar-refractivity contribution in [1.82, 2.24) is 24.6 Å². The molecule has 4 heterocycles. The highest BCUT2D eigenvalue weighted by atomic mass is 19.3. The highest BCUT2D eigenvalue weighted by Gasteiger charge is 2.46. The van der Waals surface area contributed by atoms with Gasteiger partial charge in [-0.3, -0.25) is 0 Å². The third kappa shape index (κ3) is 3.27. The van der Waals surface area contributed by atoms with Crippen molar-refractivity contribution in [3.8, 4) is 34.6 Å². The van der Waals surface area contributed by atoms with Gasteiger partial charge in [0.1, 0.15) is 0 Å². The number of imidazole rings is 1. The summed E-state index contributed by atoms with van der Waals surface area (Å²) in [5.41, 5.74) is 3.83. The molecule has 2 atom stereocenters. The summed E-state index contributed by atoms with van der Waals surface area (Å²) in [6, 6.07) is 7.06. The Morgan fingerprint density at radius 3 is 2.73 bits per heavy atom. The van der Waals surface area contributed by atoms with Crippen LogP contribution in [0.5, 0.6) is 23.4 Å². The van der Waals surface area contributed by atoms with Gasteiger partial charge in [0.15, 0.2) is 17.1 Å². The molecule has 4 aromatic rings. The number of rotatable bonds is 5. The molecule has 2 aliphatic rings. The van der Waals surface area contributed by atoms with E-state index in [0.29, 0.717) is 17.1 Å². The summed E-state index contributed by atoms with van der Waals surface area (Å²) >= 11 is 0. The third-order valence-electron chi connectivity index (χ3n) is 5.81. The average Bonchev–Trinajstić information content (AvgIpc) is 3.34. The lowest BCUT2D eigenvalue weighted by atomic mass is 10.0. The van der Waals surface area contributed by atoms with Gasteiger partial charge in [0, 0.05) is 24.2 Å². The average molecular weight is 453 g/mol. The summed E-state index contributed by atoms with van der Waals surface area (Å²) in [7, 11) is 2.99. The molecule has 0 saturated heterocycles. The molecule has 33 heavy (non-hydrogen) atoms. The zero-order chi connectivity index (χ0) is 22.7. The van der Waals surface area contributed by atoms with Gasteiger partial charge >= 0.3 is 12.3 Å². The lowest BCUT2D eigenvalue weighted by molar-refractivity contribution is -0.286. The van der Waals surface area contributed by atoms with E-state index in [4.69, 9.17) is 9.47 Å². The van der Waals surface area contributed by atoms with E-state index in [0.717, 1.165) is 23.2 Å². The first kappa shape index (κ1) is 19.6. The highest BCUT2D eigenvalue weighted by Crippen LogP contribution is 2.57. The lowest BCUT2D eigenvalue weighted by Gasteiger charge is -2.11. The van der Waals surface area contributed by atoms with Crippen LogP contribution in [0, 0.1) is 0 Å². The minimum atomic E-state index is -3.63. The van der Waals surface area contributed by atoms with Gasteiger partial charge in [-0.05, 0) is 42.0 Å². The molecule has 6 rings (SSSR count). The maximum absolute atomic E-state index is 13.4. The van der Waals surface area contributed by atoms with Gasteiger partial charge in [0.2, 0.25) is 5.88 Å². The molecule has 0 unspecified atom stereocenters. The van der Waals surface area contributed by atoms with E-state index in [1.54, 1.807) is 35.2 Å². The molecule has 1 saturated carbocycles. The van der Waals surface area contributed by atoms with Crippen LogP contribution in [0.1, 0.15) is 29.4 Å². The summed E-state index contributed by atoms with van der Waals surface area (Å²) in [6.45, 7) is 0. The Labute approximate surface area is 185 Å². The number of hydrogen-bond acceptors (Lipinski definition) is 8. The monoisotopic (exact) mass is 453 g/mol. The fraction of sp³-hybridized carbons (Fsp3) is 0.273. The number of alkyl halides is 2. The molecule has 0 bridgehead atoms. The molecule has 0 radical (unpaired) electrons. The van der Waals surface area contributed by atoms with E-state index >= 15 is 0 Å². The molecule has 168 valence electrons. The highest BCUT2D eigenvalue weighted by molar-refractivity contribution is 5.68.